The van der Waals surface area contributed by atoms with Gasteiger partial charge in [0, 0.05) is 25.4 Å². The Morgan fingerprint density at radius 2 is 1.94 bits per heavy atom. The number of hydrogen-bond donors (Lipinski definition) is 1. The van der Waals surface area contributed by atoms with E-state index in [9.17, 15) is 0 Å². The lowest BCUT2D eigenvalue weighted by molar-refractivity contribution is 0.209. The Morgan fingerprint density at radius 1 is 1.28 bits per heavy atom. The minimum Gasteiger partial charge on any atom is -0.329 e. The Morgan fingerprint density at radius 3 is 2.50 bits per heavy atom. The first-order valence-electron chi connectivity index (χ1n) is 7.22. The van der Waals surface area contributed by atoms with Gasteiger partial charge in [0.1, 0.15) is 0 Å². The van der Waals surface area contributed by atoms with Crippen molar-refractivity contribution < 1.29 is 0 Å². The maximum absolute atomic E-state index is 6.04. The maximum Gasteiger partial charge on any atom is 0.0670 e. The number of aromatic nitrogens is 2. The van der Waals surface area contributed by atoms with Gasteiger partial charge in [-0.1, -0.05) is 19.8 Å². The number of aryl methyl sites for hydroxylation is 2. The van der Waals surface area contributed by atoms with E-state index in [-0.39, 0.29) is 0 Å². The Kier molecular flexibility index (Phi) is 4.78. The molecule has 1 saturated heterocycles. The van der Waals surface area contributed by atoms with E-state index < -0.39 is 0 Å². The third kappa shape index (κ3) is 2.93. The highest BCUT2D eigenvalue weighted by molar-refractivity contribution is 5.22. The highest BCUT2D eigenvalue weighted by atomic mass is 15.3. The SMILES string of the molecule is CCc1nn(C)cc1C(CN)N1CCCCCC1. The molecule has 2 N–H and O–H groups in total. The molecule has 1 aliphatic heterocycles. The summed E-state index contributed by atoms with van der Waals surface area (Å²) in [6, 6.07) is 0.353. The molecule has 1 aromatic rings. The molecule has 4 heteroatoms. The largest absolute Gasteiger partial charge is 0.329 e. The molecule has 0 spiro atoms. The minimum absolute atomic E-state index is 0.353. The number of likely N-dealkylation sites (tertiary alicyclic amines) is 1. The highest BCUT2D eigenvalue weighted by Crippen LogP contribution is 2.25. The molecule has 102 valence electrons. The summed E-state index contributed by atoms with van der Waals surface area (Å²) in [5, 5.41) is 4.55. The zero-order chi connectivity index (χ0) is 13.0. The zero-order valence-electron chi connectivity index (χ0n) is 11.7. The molecule has 1 aromatic heterocycles. The predicted molar refractivity (Wildman–Crippen MR) is 74.4 cm³/mol. The monoisotopic (exact) mass is 250 g/mol. The molecule has 1 fully saturated rings. The first kappa shape index (κ1) is 13.6. The van der Waals surface area contributed by atoms with Crippen LogP contribution in [0.4, 0.5) is 0 Å². The van der Waals surface area contributed by atoms with Gasteiger partial charge >= 0.3 is 0 Å². The summed E-state index contributed by atoms with van der Waals surface area (Å²) in [4.78, 5) is 2.56. The maximum atomic E-state index is 6.04. The van der Waals surface area contributed by atoms with Crippen molar-refractivity contribution in [1.82, 2.24) is 14.7 Å². The summed E-state index contributed by atoms with van der Waals surface area (Å²) >= 11 is 0. The molecule has 0 aromatic carbocycles. The molecule has 1 aliphatic rings. The van der Waals surface area contributed by atoms with E-state index >= 15 is 0 Å². The van der Waals surface area contributed by atoms with Crippen molar-refractivity contribution in [2.24, 2.45) is 12.8 Å². The fraction of sp³-hybridized carbons (Fsp3) is 0.786. The molecule has 4 nitrogen and oxygen atoms in total. The highest BCUT2D eigenvalue weighted by Gasteiger charge is 2.23. The smallest absolute Gasteiger partial charge is 0.0670 e. The van der Waals surface area contributed by atoms with E-state index in [4.69, 9.17) is 5.73 Å². The van der Waals surface area contributed by atoms with E-state index in [1.807, 2.05) is 11.7 Å². The third-order valence-corrected chi connectivity index (χ3v) is 3.94. The molecule has 0 aliphatic carbocycles. The summed E-state index contributed by atoms with van der Waals surface area (Å²) in [6.45, 7) is 5.22. The van der Waals surface area contributed by atoms with Gasteiger partial charge in [-0.25, -0.2) is 0 Å². The van der Waals surface area contributed by atoms with Gasteiger partial charge in [-0.05, 0) is 32.4 Å². The van der Waals surface area contributed by atoms with Gasteiger partial charge in [-0.2, -0.15) is 5.10 Å². The van der Waals surface area contributed by atoms with Crippen LogP contribution in [0.2, 0.25) is 0 Å². The van der Waals surface area contributed by atoms with E-state index in [1.54, 1.807) is 0 Å². The van der Waals surface area contributed by atoms with E-state index in [0.717, 1.165) is 6.42 Å². The lowest BCUT2D eigenvalue weighted by Crippen LogP contribution is -2.34. The van der Waals surface area contributed by atoms with Gasteiger partial charge in [0.15, 0.2) is 0 Å². The van der Waals surface area contributed by atoms with Crippen LogP contribution >= 0.6 is 0 Å². The first-order chi connectivity index (χ1) is 8.76. The number of hydrogen-bond acceptors (Lipinski definition) is 3. The summed E-state index contributed by atoms with van der Waals surface area (Å²) < 4.78 is 1.93. The van der Waals surface area contributed by atoms with E-state index in [0.29, 0.717) is 12.6 Å². The first-order valence-corrected chi connectivity index (χ1v) is 7.22. The van der Waals surface area contributed by atoms with Crippen LogP contribution in [0.3, 0.4) is 0 Å². The van der Waals surface area contributed by atoms with Gasteiger partial charge in [0.25, 0.3) is 0 Å². The zero-order valence-corrected chi connectivity index (χ0v) is 11.7. The van der Waals surface area contributed by atoms with Gasteiger partial charge in [-0.3, -0.25) is 9.58 Å². The van der Waals surface area contributed by atoms with Gasteiger partial charge in [0.05, 0.1) is 11.7 Å². The normalized spacial score (nSPS) is 19.7. The molecular formula is C14H26N4. The van der Waals surface area contributed by atoms with Crippen LogP contribution in [-0.2, 0) is 13.5 Å². The molecule has 0 amide bonds. The third-order valence-electron chi connectivity index (χ3n) is 3.94. The second kappa shape index (κ2) is 6.34. The van der Waals surface area contributed by atoms with Crippen molar-refractivity contribution in [2.45, 2.75) is 45.1 Å². The lowest BCUT2D eigenvalue weighted by Gasteiger charge is -2.29. The number of nitrogens with two attached hydrogens (primary N) is 1. The molecule has 0 saturated carbocycles. The predicted octanol–water partition coefficient (Wildman–Crippen LogP) is 1.86. The fourth-order valence-corrected chi connectivity index (χ4v) is 2.99. The van der Waals surface area contributed by atoms with Crippen molar-refractivity contribution >= 4 is 0 Å². The Hall–Kier alpha value is -0.870. The van der Waals surface area contributed by atoms with Gasteiger partial charge < -0.3 is 5.73 Å². The molecule has 2 rings (SSSR count). The van der Waals surface area contributed by atoms with Crippen molar-refractivity contribution in [1.29, 1.82) is 0 Å². The second-order valence-electron chi connectivity index (χ2n) is 5.26. The van der Waals surface area contributed by atoms with E-state index in [2.05, 4.69) is 23.1 Å². The van der Waals surface area contributed by atoms with Crippen LogP contribution in [0.5, 0.6) is 0 Å². The summed E-state index contributed by atoms with van der Waals surface area (Å²) in [7, 11) is 2.00. The Bertz CT molecular complexity index is 364. The fourth-order valence-electron chi connectivity index (χ4n) is 2.99. The Labute approximate surface area is 110 Å². The number of rotatable bonds is 4. The molecule has 0 radical (unpaired) electrons. The summed E-state index contributed by atoms with van der Waals surface area (Å²) in [5.74, 6) is 0. The molecule has 0 bridgehead atoms. The molecule has 1 atom stereocenters. The lowest BCUT2D eigenvalue weighted by atomic mass is 10.0. The second-order valence-corrected chi connectivity index (χ2v) is 5.26. The van der Waals surface area contributed by atoms with Crippen LogP contribution in [-0.4, -0.2) is 34.3 Å². The van der Waals surface area contributed by atoms with Crippen LogP contribution in [0, 0.1) is 0 Å². The van der Waals surface area contributed by atoms with E-state index in [1.165, 1.54) is 50.0 Å². The van der Waals surface area contributed by atoms with Crippen molar-refractivity contribution in [3.63, 3.8) is 0 Å². The summed E-state index contributed by atoms with van der Waals surface area (Å²) in [5.41, 5.74) is 8.58. The van der Waals surface area contributed by atoms with Gasteiger partial charge in [0.2, 0.25) is 0 Å². The van der Waals surface area contributed by atoms with Crippen molar-refractivity contribution in [3.8, 4) is 0 Å². The van der Waals surface area contributed by atoms with Crippen LogP contribution in [0.1, 0.15) is 49.9 Å². The van der Waals surface area contributed by atoms with Crippen LogP contribution in [0.25, 0.3) is 0 Å². The molecule has 1 unspecified atom stereocenters. The molecule has 2 heterocycles. The van der Waals surface area contributed by atoms with Crippen molar-refractivity contribution in [3.05, 3.63) is 17.5 Å². The topological polar surface area (TPSA) is 47.1 Å². The average molecular weight is 250 g/mol. The van der Waals surface area contributed by atoms with Crippen molar-refractivity contribution in [2.75, 3.05) is 19.6 Å². The minimum atomic E-state index is 0.353. The average Bonchev–Trinajstić information content (AvgIpc) is 2.58. The number of nitrogens with zero attached hydrogens (tertiary/aromatic N) is 3. The van der Waals surface area contributed by atoms with Gasteiger partial charge in [-0.15, -0.1) is 0 Å². The van der Waals surface area contributed by atoms with Crippen LogP contribution < -0.4 is 5.73 Å². The molecule has 18 heavy (non-hydrogen) atoms. The summed E-state index contributed by atoms with van der Waals surface area (Å²) in [6.07, 6.45) is 8.47. The standard InChI is InChI=1S/C14H26N4/c1-3-13-12(11-17(2)16-13)14(10-15)18-8-6-4-5-7-9-18/h11,14H,3-10,15H2,1-2H3. The molecular weight excluding hydrogens is 224 g/mol. The Balaban J connectivity index is 2.20. The van der Waals surface area contributed by atoms with Crippen LogP contribution in [0.15, 0.2) is 6.20 Å². The quantitative estimate of drug-likeness (QED) is 0.887.